The smallest absolute Gasteiger partial charge is 0.320 e. The summed E-state index contributed by atoms with van der Waals surface area (Å²) in [6, 6.07) is 0. The molecule has 0 unspecified atom stereocenters. The summed E-state index contributed by atoms with van der Waals surface area (Å²) in [5.74, 6) is -2.00. The third kappa shape index (κ3) is 7.24. The average Bonchev–Trinajstić information content (AvgIpc) is 2.34. The fraction of sp³-hybridized carbons (Fsp3) is 0.833. The molecule has 0 heterocycles. The van der Waals surface area contributed by atoms with Crippen LogP contribution in [0.4, 0.5) is 0 Å². The molecule has 106 valence electrons. The summed E-state index contributed by atoms with van der Waals surface area (Å²) in [6.07, 6.45) is 0.853. The Morgan fingerprint density at radius 2 is 1.61 bits per heavy atom. The van der Waals surface area contributed by atoms with E-state index in [-0.39, 0.29) is 26.4 Å². The van der Waals surface area contributed by atoms with Gasteiger partial charge in [0.05, 0.1) is 26.4 Å². The molecule has 0 rings (SSSR count). The summed E-state index contributed by atoms with van der Waals surface area (Å²) < 4.78 is 14.7. The van der Waals surface area contributed by atoms with Gasteiger partial charge in [0.1, 0.15) is 0 Å². The number of rotatable bonds is 10. The van der Waals surface area contributed by atoms with E-state index in [9.17, 15) is 9.59 Å². The van der Waals surface area contributed by atoms with E-state index in [0.29, 0.717) is 19.4 Å². The number of esters is 2. The van der Waals surface area contributed by atoms with Crippen LogP contribution in [0.2, 0.25) is 0 Å². The van der Waals surface area contributed by atoms with Gasteiger partial charge < -0.3 is 19.3 Å². The van der Waals surface area contributed by atoms with Crippen molar-refractivity contribution in [1.29, 1.82) is 0 Å². The molecule has 0 radical (unpaired) electrons. The quantitative estimate of drug-likeness (QED) is 0.351. The summed E-state index contributed by atoms with van der Waals surface area (Å²) in [5, 5.41) is 8.52. The van der Waals surface area contributed by atoms with E-state index < -0.39 is 17.9 Å². The second-order valence-electron chi connectivity index (χ2n) is 3.53. The van der Waals surface area contributed by atoms with Gasteiger partial charge in [-0.15, -0.1) is 0 Å². The monoisotopic (exact) mass is 262 g/mol. The molecule has 0 aliphatic rings. The van der Waals surface area contributed by atoms with E-state index in [0.717, 1.165) is 0 Å². The summed E-state index contributed by atoms with van der Waals surface area (Å²) in [6.45, 7) is 4.43. The molecule has 0 amide bonds. The zero-order valence-electron chi connectivity index (χ0n) is 11.0. The van der Waals surface area contributed by atoms with Crippen LogP contribution in [0.1, 0.15) is 26.7 Å². The van der Waals surface area contributed by atoms with Gasteiger partial charge in [-0.3, -0.25) is 9.59 Å². The molecule has 18 heavy (non-hydrogen) atoms. The predicted molar refractivity (Wildman–Crippen MR) is 63.9 cm³/mol. The molecule has 1 N–H and O–H groups in total. The van der Waals surface area contributed by atoms with Crippen molar-refractivity contribution in [2.75, 3.05) is 33.0 Å². The number of hydrogen-bond donors (Lipinski definition) is 1. The van der Waals surface area contributed by atoms with Crippen molar-refractivity contribution in [3.63, 3.8) is 0 Å². The highest BCUT2D eigenvalue weighted by atomic mass is 16.6. The minimum atomic E-state index is -0.886. The van der Waals surface area contributed by atoms with Crippen molar-refractivity contribution in [3.8, 4) is 0 Å². The maximum Gasteiger partial charge on any atom is 0.320 e. The molecule has 0 saturated heterocycles. The topological polar surface area (TPSA) is 82.1 Å². The number of ether oxygens (including phenoxy) is 3. The Morgan fingerprint density at radius 1 is 1.06 bits per heavy atom. The fourth-order valence-electron chi connectivity index (χ4n) is 1.37. The van der Waals surface area contributed by atoms with Crippen molar-refractivity contribution < 1.29 is 28.9 Å². The van der Waals surface area contributed by atoms with Crippen LogP contribution in [0, 0.1) is 5.92 Å². The molecule has 6 nitrogen and oxygen atoms in total. The summed E-state index contributed by atoms with van der Waals surface area (Å²) in [5.41, 5.74) is 0. The van der Waals surface area contributed by atoms with Crippen LogP contribution in [0.3, 0.4) is 0 Å². The van der Waals surface area contributed by atoms with Crippen molar-refractivity contribution in [1.82, 2.24) is 0 Å². The van der Waals surface area contributed by atoms with Gasteiger partial charge in [0.15, 0.2) is 5.92 Å². The Morgan fingerprint density at radius 3 is 2.06 bits per heavy atom. The van der Waals surface area contributed by atoms with E-state index in [4.69, 9.17) is 19.3 Å². The molecular weight excluding hydrogens is 240 g/mol. The lowest BCUT2D eigenvalue weighted by Gasteiger charge is -2.14. The van der Waals surface area contributed by atoms with Crippen molar-refractivity contribution in [2.24, 2.45) is 5.92 Å². The minimum absolute atomic E-state index is 0.0425. The first-order valence-electron chi connectivity index (χ1n) is 6.19. The van der Waals surface area contributed by atoms with Gasteiger partial charge in [-0.1, -0.05) is 0 Å². The summed E-state index contributed by atoms with van der Waals surface area (Å²) in [7, 11) is 0. The van der Waals surface area contributed by atoms with E-state index in [1.807, 2.05) is 0 Å². The predicted octanol–water partition coefficient (Wildman–Crippen LogP) is 0.518. The lowest BCUT2D eigenvalue weighted by Crippen LogP contribution is -2.28. The maximum atomic E-state index is 11.6. The van der Waals surface area contributed by atoms with Crippen LogP contribution < -0.4 is 0 Å². The SMILES string of the molecule is CCOC(=O)C(CCCOCCO)C(=O)OCC. The first-order chi connectivity index (χ1) is 8.67. The van der Waals surface area contributed by atoms with Gasteiger partial charge in [-0.05, 0) is 26.7 Å². The standard InChI is InChI=1S/C12H22O6/c1-3-17-11(14)10(12(15)18-4-2)6-5-8-16-9-7-13/h10,13H,3-9H2,1-2H3. The Bertz CT molecular complexity index is 223. The van der Waals surface area contributed by atoms with Crippen molar-refractivity contribution >= 4 is 11.9 Å². The maximum absolute atomic E-state index is 11.6. The number of aliphatic hydroxyl groups excluding tert-OH is 1. The van der Waals surface area contributed by atoms with Gasteiger partial charge in [0.25, 0.3) is 0 Å². The normalized spacial score (nSPS) is 10.4. The molecule has 0 atom stereocenters. The number of hydrogen-bond acceptors (Lipinski definition) is 6. The van der Waals surface area contributed by atoms with Crippen LogP contribution in [0.25, 0.3) is 0 Å². The third-order valence-electron chi connectivity index (χ3n) is 2.16. The number of carbonyl (C=O) groups excluding carboxylic acids is 2. The highest BCUT2D eigenvalue weighted by Gasteiger charge is 2.28. The molecular formula is C12H22O6. The molecule has 0 aromatic rings. The molecule has 0 fully saturated rings. The first-order valence-corrected chi connectivity index (χ1v) is 6.19. The van der Waals surface area contributed by atoms with Crippen LogP contribution in [0.5, 0.6) is 0 Å². The Balaban J connectivity index is 4.12. The molecule has 0 aliphatic carbocycles. The minimum Gasteiger partial charge on any atom is -0.465 e. The first kappa shape index (κ1) is 16.9. The second kappa shape index (κ2) is 11.0. The summed E-state index contributed by atoms with van der Waals surface area (Å²) >= 11 is 0. The lowest BCUT2D eigenvalue weighted by molar-refractivity contribution is -0.162. The van der Waals surface area contributed by atoms with Crippen LogP contribution in [0.15, 0.2) is 0 Å². The van der Waals surface area contributed by atoms with E-state index in [1.165, 1.54) is 0 Å². The molecule has 0 aliphatic heterocycles. The van der Waals surface area contributed by atoms with Gasteiger partial charge in [0.2, 0.25) is 0 Å². The number of carbonyl (C=O) groups is 2. The Kier molecular flexibility index (Phi) is 10.3. The van der Waals surface area contributed by atoms with E-state index in [2.05, 4.69) is 0 Å². The third-order valence-corrected chi connectivity index (χ3v) is 2.16. The number of aliphatic hydroxyl groups is 1. The molecule has 6 heteroatoms. The van der Waals surface area contributed by atoms with Gasteiger partial charge in [0, 0.05) is 6.61 Å². The van der Waals surface area contributed by atoms with Crippen molar-refractivity contribution in [2.45, 2.75) is 26.7 Å². The van der Waals surface area contributed by atoms with Crippen LogP contribution >= 0.6 is 0 Å². The lowest BCUT2D eigenvalue weighted by atomic mass is 10.0. The van der Waals surface area contributed by atoms with Crippen LogP contribution in [-0.4, -0.2) is 50.1 Å². The Labute approximate surface area is 107 Å². The molecule has 0 saturated carbocycles. The molecule has 0 aromatic carbocycles. The van der Waals surface area contributed by atoms with Crippen molar-refractivity contribution in [3.05, 3.63) is 0 Å². The van der Waals surface area contributed by atoms with Crippen LogP contribution in [-0.2, 0) is 23.8 Å². The van der Waals surface area contributed by atoms with Gasteiger partial charge in [-0.2, -0.15) is 0 Å². The highest BCUT2D eigenvalue weighted by molar-refractivity contribution is 5.94. The van der Waals surface area contributed by atoms with Gasteiger partial charge >= 0.3 is 11.9 Å². The molecule has 0 spiro atoms. The van der Waals surface area contributed by atoms with E-state index in [1.54, 1.807) is 13.8 Å². The second-order valence-corrected chi connectivity index (χ2v) is 3.53. The average molecular weight is 262 g/mol. The Hall–Kier alpha value is -1.14. The van der Waals surface area contributed by atoms with E-state index >= 15 is 0 Å². The molecule has 0 bridgehead atoms. The zero-order valence-corrected chi connectivity index (χ0v) is 11.0. The largest absolute Gasteiger partial charge is 0.465 e. The molecule has 0 aromatic heterocycles. The van der Waals surface area contributed by atoms with Gasteiger partial charge in [-0.25, -0.2) is 0 Å². The summed E-state index contributed by atoms with van der Waals surface area (Å²) in [4.78, 5) is 23.2. The zero-order chi connectivity index (χ0) is 13.8. The fourth-order valence-corrected chi connectivity index (χ4v) is 1.37. The highest BCUT2D eigenvalue weighted by Crippen LogP contribution is 2.11.